The molecule has 1 saturated heterocycles. The van der Waals surface area contributed by atoms with Crippen LogP contribution < -0.4 is 14.4 Å². The van der Waals surface area contributed by atoms with E-state index >= 15 is 0 Å². The summed E-state index contributed by atoms with van der Waals surface area (Å²) >= 11 is 0. The van der Waals surface area contributed by atoms with Crippen molar-refractivity contribution < 1.29 is 31.4 Å². The maximum atomic E-state index is 14.0. The van der Waals surface area contributed by atoms with Gasteiger partial charge in [0.05, 0.1) is 19.8 Å². The third-order valence-corrected chi connectivity index (χ3v) is 8.01. The molecule has 3 aromatic carbocycles. The highest BCUT2D eigenvalue weighted by molar-refractivity contribution is 5.58. The third kappa shape index (κ3) is 7.36. The molecule has 0 radical (unpaired) electrons. The molecular formula is C33H37F5N2O2. The molecule has 4 nitrogen and oxygen atoms in total. The minimum atomic E-state index is -4.40. The van der Waals surface area contributed by atoms with Crippen LogP contribution >= 0.6 is 0 Å². The van der Waals surface area contributed by atoms with Gasteiger partial charge >= 0.3 is 6.18 Å². The Labute approximate surface area is 244 Å². The summed E-state index contributed by atoms with van der Waals surface area (Å²) < 4.78 is 78.4. The van der Waals surface area contributed by atoms with Gasteiger partial charge in [0.2, 0.25) is 0 Å². The van der Waals surface area contributed by atoms with Crippen LogP contribution in [0.5, 0.6) is 11.5 Å². The van der Waals surface area contributed by atoms with Gasteiger partial charge in [-0.1, -0.05) is 49.0 Å². The van der Waals surface area contributed by atoms with Crippen LogP contribution in [0.4, 0.5) is 27.6 Å². The smallest absolute Gasteiger partial charge is 0.416 e. The van der Waals surface area contributed by atoms with Gasteiger partial charge in [0.15, 0.2) is 11.5 Å². The van der Waals surface area contributed by atoms with E-state index in [4.69, 9.17) is 9.47 Å². The topological polar surface area (TPSA) is 24.9 Å². The van der Waals surface area contributed by atoms with Crippen molar-refractivity contribution in [3.63, 3.8) is 0 Å². The molecule has 1 aliphatic rings. The highest BCUT2D eigenvalue weighted by atomic mass is 19.4. The van der Waals surface area contributed by atoms with Crippen molar-refractivity contribution in [2.75, 3.05) is 38.8 Å². The van der Waals surface area contributed by atoms with Crippen LogP contribution in [0.3, 0.4) is 0 Å². The normalized spacial score (nSPS) is 16.4. The molecule has 0 aliphatic carbocycles. The first-order valence-corrected chi connectivity index (χ1v) is 13.9. The zero-order valence-corrected chi connectivity index (χ0v) is 24.1. The Kier molecular flexibility index (Phi) is 9.69. The molecule has 4 rings (SSSR count). The number of nitrogens with zero attached hydrogens (tertiary/aromatic N) is 2. The Morgan fingerprint density at radius 1 is 0.929 bits per heavy atom. The summed E-state index contributed by atoms with van der Waals surface area (Å²) in [7, 11) is 3.11. The molecule has 1 aliphatic heterocycles. The Morgan fingerprint density at radius 2 is 1.55 bits per heavy atom. The van der Waals surface area contributed by atoms with E-state index in [1.165, 1.54) is 12.1 Å². The van der Waals surface area contributed by atoms with Crippen molar-refractivity contribution in [1.29, 1.82) is 0 Å². The van der Waals surface area contributed by atoms with Crippen LogP contribution in [-0.2, 0) is 12.6 Å². The number of ether oxygens (including phenoxy) is 2. The Bertz CT molecular complexity index is 1320. The number of methoxy groups -OCH3 is 2. The van der Waals surface area contributed by atoms with Crippen molar-refractivity contribution >= 4 is 5.69 Å². The molecule has 0 N–H and O–H groups in total. The fourth-order valence-corrected chi connectivity index (χ4v) is 5.59. The second kappa shape index (κ2) is 13.0. The predicted octanol–water partition coefficient (Wildman–Crippen LogP) is 8.19. The van der Waals surface area contributed by atoms with Crippen LogP contribution in [0.1, 0.15) is 42.4 Å². The second-order valence-corrected chi connectivity index (χ2v) is 10.6. The SMILES string of the molecule is C=C(C(c1ccccc1)C(C)N(CCc1ccc(C(F)(F)F)cc1)c1ccc(OC)c(OC)c1)N1CCC(F)(F)CC1. The minimum absolute atomic E-state index is 0.212. The van der Waals surface area contributed by atoms with Gasteiger partial charge in [-0.25, -0.2) is 8.78 Å². The zero-order valence-electron chi connectivity index (χ0n) is 24.1. The summed E-state index contributed by atoms with van der Waals surface area (Å²) in [6, 6.07) is 20.4. The first-order chi connectivity index (χ1) is 19.9. The van der Waals surface area contributed by atoms with Crippen LogP contribution in [0.15, 0.2) is 85.1 Å². The van der Waals surface area contributed by atoms with Crippen molar-refractivity contribution in [1.82, 2.24) is 4.90 Å². The first kappa shape index (κ1) is 31.2. The first-order valence-electron chi connectivity index (χ1n) is 13.9. The van der Waals surface area contributed by atoms with Crippen LogP contribution in [0.25, 0.3) is 0 Å². The lowest BCUT2D eigenvalue weighted by Gasteiger charge is -2.43. The summed E-state index contributed by atoms with van der Waals surface area (Å²) in [5.41, 5.74) is 2.64. The maximum absolute atomic E-state index is 14.0. The van der Waals surface area contributed by atoms with Gasteiger partial charge in [-0.3, -0.25) is 0 Å². The summed E-state index contributed by atoms with van der Waals surface area (Å²) in [5, 5.41) is 0. The molecule has 0 aromatic heterocycles. The molecule has 226 valence electrons. The highest BCUT2D eigenvalue weighted by Crippen LogP contribution is 2.39. The second-order valence-electron chi connectivity index (χ2n) is 10.6. The third-order valence-electron chi connectivity index (χ3n) is 8.01. The molecule has 2 unspecified atom stereocenters. The summed E-state index contributed by atoms with van der Waals surface area (Å²) in [6.45, 7) is 7.37. The van der Waals surface area contributed by atoms with Crippen molar-refractivity contribution in [2.45, 2.75) is 50.2 Å². The zero-order chi connectivity index (χ0) is 30.5. The molecule has 0 amide bonds. The average Bonchev–Trinajstić information content (AvgIpc) is 2.97. The highest BCUT2D eigenvalue weighted by Gasteiger charge is 2.37. The fraction of sp³-hybridized carbons (Fsp3) is 0.394. The molecule has 1 fully saturated rings. The number of halogens is 5. The van der Waals surface area contributed by atoms with Crippen LogP contribution in [0.2, 0.25) is 0 Å². The van der Waals surface area contributed by atoms with E-state index in [0.717, 1.165) is 34.6 Å². The van der Waals surface area contributed by atoms with Gasteiger partial charge in [-0.05, 0) is 48.7 Å². The lowest BCUT2D eigenvalue weighted by Crippen LogP contribution is -2.45. The molecule has 0 bridgehead atoms. The van der Waals surface area contributed by atoms with E-state index < -0.39 is 17.7 Å². The standard InChI is InChI=1S/C33H37F5N2O2/c1-23(39-20-17-32(34,35)18-21-39)31(26-8-6-5-7-9-26)24(2)40(28-14-15-29(41-3)30(22-28)42-4)19-16-25-10-12-27(13-11-25)33(36,37)38/h5-15,22,24,31H,1,16-21H2,2-4H3. The summed E-state index contributed by atoms with van der Waals surface area (Å²) in [6.07, 6.45) is -4.38. The van der Waals surface area contributed by atoms with Crippen LogP contribution in [-0.4, -0.2) is 50.7 Å². The van der Waals surface area contributed by atoms with Crippen molar-refractivity contribution in [2.24, 2.45) is 0 Å². The quantitative estimate of drug-likeness (QED) is 0.211. The lowest BCUT2D eigenvalue weighted by atomic mass is 9.86. The number of hydrogen-bond donors (Lipinski definition) is 0. The van der Waals surface area contributed by atoms with E-state index in [1.54, 1.807) is 14.2 Å². The number of rotatable bonds is 11. The van der Waals surface area contributed by atoms with Crippen molar-refractivity contribution in [3.05, 3.63) is 102 Å². The molecule has 1 heterocycles. The van der Waals surface area contributed by atoms with E-state index in [0.29, 0.717) is 24.5 Å². The van der Waals surface area contributed by atoms with Crippen LogP contribution in [0, 0.1) is 0 Å². The number of anilines is 1. The van der Waals surface area contributed by atoms with Gasteiger partial charge in [-0.2, -0.15) is 13.2 Å². The molecular weight excluding hydrogens is 551 g/mol. The monoisotopic (exact) mass is 588 g/mol. The molecule has 3 aromatic rings. The number of likely N-dealkylation sites (tertiary alicyclic amines) is 1. The number of hydrogen-bond acceptors (Lipinski definition) is 4. The van der Waals surface area contributed by atoms with E-state index in [2.05, 4.69) is 18.4 Å². The predicted molar refractivity (Wildman–Crippen MR) is 156 cm³/mol. The molecule has 0 saturated carbocycles. The molecule has 42 heavy (non-hydrogen) atoms. The van der Waals surface area contributed by atoms with E-state index in [9.17, 15) is 22.0 Å². The summed E-state index contributed by atoms with van der Waals surface area (Å²) in [4.78, 5) is 4.12. The Morgan fingerprint density at radius 3 is 2.12 bits per heavy atom. The van der Waals surface area contributed by atoms with Gasteiger partial charge < -0.3 is 19.3 Å². The number of alkyl halides is 5. The van der Waals surface area contributed by atoms with Gasteiger partial charge in [0.1, 0.15) is 0 Å². The Hall–Kier alpha value is -3.75. The average molecular weight is 589 g/mol. The summed E-state index contributed by atoms with van der Waals surface area (Å²) in [5.74, 6) is -1.83. The number of benzene rings is 3. The van der Waals surface area contributed by atoms with Gasteiger partial charge in [-0.15, -0.1) is 0 Å². The lowest BCUT2D eigenvalue weighted by molar-refractivity contribution is -0.137. The van der Waals surface area contributed by atoms with Gasteiger partial charge in [0.25, 0.3) is 5.92 Å². The Balaban J connectivity index is 1.70. The van der Waals surface area contributed by atoms with E-state index in [-0.39, 0.29) is 37.9 Å². The van der Waals surface area contributed by atoms with E-state index in [1.807, 2.05) is 53.4 Å². The minimum Gasteiger partial charge on any atom is -0.493 e. The largest absolute Gasteiger partial charge is 0.493 e. The molecule has 0 spiro atoms. The number of piperidine rings is 1. The maximum Gasteiger partial charge on any atom is 0.416 e. The fourth-order valence-electron chi connectivity index (χ4n) is 5.59. The van der Waals surface area contributed by atoms with Gasteiger partial charge in [0, 0.05) is 61.9 Å². The van der Waals surface area contributed by atoms with Crippen molar-refractivity contribution in [3.8, 4) is 11.5 Å². The molecule has 9 heteroatoms. The molecule has 2 atom stereocenters.